The highest BCUT2D eigenvalue weighted by Gasteiger charge is 2.24. The number of amides is 1. The smallest absolute Gasteiger partial charge is 0.241 e. The number of benzene rings is 1. The summed E-state index contributed by atoms with van der Waals surface area (Å²) >= 11 is 5.66. The lowest BCUT2D eigenvalue weighted by atomic mass is 9.94. The summed E-state index contributed by atoms with van der Waals surface area (Å²) in [5, 5.41) is 6.05. The van der Waals surface area contributed by atoms with Crippen LogP contribution in [-0.2, 0) is 4.79 Å². The van der Waals surface area contributed by atoms with Crippen LogP contribution in [0.15, 0.2) is 18.2 Å². The maximum atomic E-state index is 13.5. The number of hydrogen-bond acceptors (Lipinski definition) is 2. The third-order valence-corrected chi connectivity index (χ3v) is 3.41. The maximum absolute atomic E-state index is 13.5. The van der Waals surface area contributed by atoms with E-state index in [2.05, 4.69) is 17.6 Å². The molecular formula is C13H16ClFN2O. The monoisotopic (exact) mass is 270 g/mol. The number of nitrogens with one attached hydrogen (secondary N) is 2. The number of carbonyl (C=O) groups excluding carboxylic acids is 1. The van der Waals surface area contributed by atoms with Gasteiger partial charge in [0.1, 0.15) is 5.82 Å². The van der Waals surface area contributed by atoms with Crippen LogP contribution in [0, 0.1) is 11.7 Å². The first-order valence-corrected chi connectivity index (χ1v) is 6.43. The van der Waals surface area contributed by atoms with Crippen LogP contribution in [0.5, 0.6) is 0 Å². The zero-order valence-corrected chi connectivity index (χ0v) is 10.9. The molecule has 0 spiro atoms. The number of piperidine rings is 1. The summed E-state index contributed by atoms with van der Waals surface area (Å²) in [6.07, 6.45) is 1.85. The third-order valence-electron chi connectivity index (χ3n) is 3.17. The second-order valence-corrected chi connectivity index (χ2v) is 5.19. The van der Waals surface area contributed by atoms with Gasteiger partial charge in [0.2, 0.25) is 5.91 Å². The van der Waals surface area contributed by atoms with E-state index in [0.29, 0.717) is 10.9 Å². The number of rotatable bonds is 2. The van der Waals surface area contributed by atoms with Crippen molar-refractivity contribution >= 4 is 23.2 Å². The highest BCUT2D eigenvalue weighted by Crippen LogP contribution is 2.20. The minimum Gasteiger partial charge on any atom is -0.322 e. The van der Waals surface area contributed by atoms with Gasteiger partial charge in [-0.2, -0.15) is 0 Å². The summed E-state index contributed by atoms with van der Waals surface area (Å²) in [6, 6.07) is 3.97. The average Bonchev–Trinajstić information content (AvgIpc) is 2.32. The lowest BCUT2D eigenvalue weighted by molar-refractivity contribution is -0.119. The summed E-state index contributed by atoms with van der Waals surface area (Å²) in [5.74, 6) is -0.195. The molecule has 3 nitrogen and oxygen atoms in total. The lowest BCUT2D eigenvalue weighted by Gasteiger charge is -2.27. The highest BCUT2D eigenvalue weighted by atomic mass is 35.5. The van der Waals surface area contributed by atoms with Gasteiger partial charge in [0.25, 0.3) is 0 Å². The zero-order valence-electron chi connectivity index (χ0n) is 10.2. The molecule has 1 saturated heterocycles. The van der Waals surface area contributed by atoms with Gasteiger partial charge in [-0.15, -0.1) is 0 Å². The average molecular weight is 271 g/mol. The molecule has 98 valence electrons. The van der Waals surface area contributed by atoms with Crippen LogP contribution in [-0.4, -0.2) is 18.5 Å². The van der Waals surface area contributed by atoms with Crippen LogP contribution in [0.1, 0.15) is 19.8 Å². The minimum absolute atomic E-state index is 0.171. The molecule has 1 aromatic rings. The molecule has 5 heteroatoms. The second kappa shape index (κ2) is 5.67. The Balaban J connectivity index is 2.02. The van der Waals surface area contributed by atoms with Gasteiger partial charge < -0.3 is 10.6 Å². The zero-order chi connectivity index (χ0) is 13.1. The Labute approximate surface area is 111 Å². The fraction of sp³-hybridized carbons (Fsp3) is 0.462. The Morgan fingerprint density at radius 1 is 1.56 bits per heavy atom. The second-order valence-electron chi connectivity index (χ2n) is 4.75. The third kappa shape index (κ3) is 3.21. The molecule has 2 unspecified atom stereocenters. The van der Waals surface area contributed by atoms with Crippen molar-refractivity contribution < 1.29 is 9.18 Å². The SMILES string of the molecule is CC1CCNC(C(=O)Nc2ccc(Cl)cc2F)C1. The molecule has 0 aromatic heterocycles. The summed E-state index contributed by atoms with van der Waals surface area (Å²) in [5.41, 5.74) is 0.171. The Hall–Kier alpha value is -1.13. The molecule has 1 heterocycles. The first-order valence-electron chi connectivity index (χ1n) is 6.05. The van der Waals surface area contributed by atoms with Crippen molar-refractivity contribution in [1.29, 1.82) is 0 Å². The predicted molar refractivity (Wildman–Crippen MR) is 70.2 cm³/mol. The molecule has 1 aliphatic rings. The molecule has 1 aromatic carbocycles. The van der Waals surface area contributed by atoms with Crippen molar-refractivity contribution in [2.24, 2.45) is 5.92 Å². The molecule has 18 heavy (non-hydrogen) atoms. The van der Waals surface area contributed by atoms with Gasteiger partial charge in [-0.05, 0) is 43.5 Å². The molecule has 2 rings (SSSR count). The van der Waals surface area contributed by atoms with Gasteiger partial charge in [-0.3, -0.25) is 4.79 Å². The Bertz CT molecular complexity index is 453. The summed E-state index contributed by atoms with van der Waals surface area (Å²) in [6.45, 7) is 2.94. The first kappa shape index (κ1) is 13.3. The van der Waals surface area contributed by atoms with Crippen molar-refractivity contribution in [3.8, 4) is 0 Å². The van der Waals surface area contributed by atoms with E-state index in [-0.39, 0.29) is 17.6 Å². The van der Waals surface area contributed by atoms with E-state index in [4.69, 9.17) is 11.6 Å². The molecular weight excluding hydrogens is 255 g/mol. The Kier molecular flexibility index (Phi) is 4.19. The number of carbonyl (C=O) groups is 1. The largest absolute Gasteiger partial charge is 0.322 e. The van der Waals surface area contributed by atoms with E-state index < -0.39 is 5.82 Å². The van der Waals surface area contributed by atoms with Crippen molar-refractivity contribution in [3.05, 3.63) is 29.0 Å². The number of anilines is 1. The van der Waals surface area contributed by atoms with Gasteiger partial charge in [-0.25, -0.2) is 4.39 Å². The molecule has 0 radical (unpaired) electrons. The standard InChI is InChI=1S/C13H16ClFN2O/c1-8-4-5-16-12(6-8)13(18)17-11-3-2-9(14)7-10(11)15/h2-3,7-8,12,16H,4-6H2,1H3,(H,17,18). The Morgan fingerprint density at radius 2 is 2.33 bits per heavy atom. The molecule has 1 fully saturated rings. The van der Waals surface area contributed by atoms with Gasteiger partial charge in [-0.1, -0.05) is 18.5 Å². The maximum Gasteiger partial charge on any atom is 0.241 e. The van der Waals surface area contributed by atoms with E-state index in [9.17, 15) is 9.18 Å². The Morgan fingerprint density at radius 3 is 3.00 bits per heavy atom. The van der Waals surface area contributed by atoms with E-state index >= 15 is 0 Å². The molecule has 0 bridgehead atoms. The van der Waals surface area contributed by atoms with Crippen molar-refractivity contribution in [1.82, 2.24) is 5.32 Å². The predicted octanol–water partition coefficient (Wildman–Crippen LogP) is 2.81. The normalized spacial score (nSPS) is 23.7. The van der Waals surface area contributed by atoms with E-state index in [1.165, 1.54) is 12.1 Å². The van der Waals surface area contributed by atoms with E-state index in [1.807, 2.05) is 0 Å². The molecule has 2 atom stereocenters. The van der Waals surface area contributed by atoms with Gasteiger partial charge in [0.05, 0.1) is 11.7 Å². The van der Waals surface area contributed by atoms with E-state index in [1.54, 1.807) is 6.07 Å². The van der Waals surface area contributed by atoms with Gasteiger partial charge in [0, 0.05) is 5.02 Å². The minimum atomic E-state index is -0.514. The summed E-state index contributed by atoms with van der Waals surface area (Å²) in [7, 11) is 0. The molecule has 1 aliphatic heterocycles. The molecule has 1 amide bonds. The quantitative estimate of drug-likeness (QED) is 0.868. The van der Waals surface area contributed by atoms with Crippen LogP contribution in [0.2, 0.25) is 5.02 Å². The van der Waals surface area contributed by atoms with Crippen molar-refractivity contribution in [2.45, 2.75) is 25.8 Å². The van der Waals surface area contributed by atoms with Crippen molar-refractivity contribution in [2.75, 3.05) is 11.9 Å². The topological polar surface area (TPSA) is 41.1 Å². The van der Waals surface area contributed by atoms with Crippen LogP contribution in [0.3, 0.4) is 0 Å². The molecule has 0 aliphatic carbocycles. The fourth-order valence-corrected chi connectivity index (χ4v) is 2.28. The lowest BCUT2D eigenvalue weighted by Crippen LogP contribution is -2.45. The van der Waals surface area contributed by atoms with Gasteiger partial charge in [0.15, 0.2) is 0 Å². The van der Waals surface area contributed by atoms with Crippen LogP contribution < -0.4 is 10.6 Å². The van der Waals surface area contributed by atoms with Crippen LogP contribution in [0.4, 0.5) is 10.1 Å². The number of hydrogen-bond donors (Lipinski definition) is 2. The van der Waals surface area contributed by atoms with Crippen LogP contribution >= 0.6 is 11.6 Å². The molecule has 2 N–H and O–H groups in total. The van der Waals surface area contributed by atoms with Crippen LogP contribution in [0.25, 0.3) is 0 Å². The molecule has 0 saturated carbocycles. The summed E-state index contributed by atoms with van der Waals surface area (Å²) < 4.78 is 13.5. The van der Waals surface area contributed by atoms with Gasteiger partial charge >= 0.3 is 0 Å². The number of halogens is 2. The van der Waals surface area contributed by atoms with Crippen molar-refractivity contribution in [3.63, 3.8) is 0 Å². The summed E-state index contributed by atoms with van der Waals surface area (Å²) in [4.78, 5) is 12.0. The van der Waals surface area contributed by atoms with E-state index in [0.717, 1.165) is 19.4 Å². The first-order chi connectivity index (χ1) is 8.56. The highest BCUT2D eigenvalue weighted by molar-refractivity contribution is 6.30. The fourth-order valence-electron chi connectivity index (χ4n) is 2.12.